The van der Waals surface area contributed by atoms with Crippen LogP contribution in [0, 0.1) is 17.1 Å². The first kappa shape index (κ1) is 10.9. The van der Waals surface area contributed by atoms with Crippen LogP contribution in [0.4, 0.5) is 10.1 Å². The Balaban J connectivity index is 2.27. The fraction of sp³-hybridized carbons (Fsp3) is 0.417. The number of rotatable bonds is 3. The molecule has 0 saturated carbocycles. The molecule has 1 aromatic rings. The first-order chi connectivity index (χ1) is 7.76. The molecule has 1 heterocycles. The Morgan fingerprint density at radius 1 is 1.56 bits per heavy atom. The van der Waals surface area contributed by atoms with Gasteiger partial charge in [0.2, 0.25) is 0 Å². The zero-order chi connectivity index (χ0) is 11.5. The summed E-state index contributed by atoms with van der Waals surface area (Å²) in [6.45, 7) is 4.58. The molecule has 0 atom stereocenters. The maximum atomic E-state index is 13.8. The van der Waals surface area contributed by atoms with Crippen molar-refractivity contribution in [3.05, 3.63) is 29.6 Å². The Labute approximate surface area is 94.5 Å². The van der Waals surface area contributed by atoms with Gasteiger partial charge in [0.05, 0.1) is 23.4 Å². The molecule has 0 aromatic heterocycles. The quantitative estimate of drug-likeness (QED) is 0.837. The number of nitrogens with one attached hydrogen (secondary N) is 1. The van der Waals surface area contributed by atoms with Crippen LogP contribution in [0.5, 0.6) is 0 Å². The van der Waals surface area contributed by atoms with E-state index in [9.17, 15) is 4.39 Å². The van der Waals surface area contributed by atoms with Gasteiger partial charge in [-0.05, 0) is 25.1 Å². The summed E-state index contributed by atoms with van der Waals surface area (Å²) < 4.78 is 13.8. The Hall–Kier alpha value is -1.60. The molecule has 1 saturated heterocycles. The summed E-state index contributed by atoms with van der Waals surface area (Å²) in [4.78, 5) is 2.03. The molecular weight excluding hydrogens is 205 g/mol. The van der Waals surface area contributed by atoms with Gasteiger partial charge in [-0.1, -0.05) is 0 Å². The van der Waals surface area contributed by atoms with Gasteiger partial charge in [-0.2, -0.15) is 5.26 Å². The fourth-order valence-electron chi connectivity index (χ4n) is 1.93. The van der Waals surface area contributed by atoms with Crippen molar-refractivity contribution < 1.29 is 4.39 Å². The van der Waals surface area contributed by atoms with E-state index in [0.717, 1.165) is 19.6 Å². The van der Waals surface area contributed by atoms with E-state index >= 15 is 0 Å². The molecule has 1 aliphatic heterocycles. The standard InChI is InChI=1S/C12H14FN3/c1-2-16(10-7-15-8-10)12-4-3-9(6-14)5-11(12)13/h3-5,10,15H,2,7-8H2,1H3. The Kier molecular flexibility index (Phi) is 3.07. The van der Waals surface area contributed by atoms with Gasteiger partial charge < -0.3 is 10.2 Å². The van der Waals surface area contributed by atoms with Gasteiger partial charge in [-0.25, -0.2) is 4.39 Å². The highest BCUT2D eigenvalue weighted by molar-refractivity contribution is 5.52. The van der Waals surface area contributed by atoms with Crippen molar-refractivity contribution in [2.45, 2.75) is 13.0 Å². The number of halogens is 1. The molecule has 0 bridgehead atoms. The van der Waals surface area contributed by atoms with Crippen molar-refractivity contribution in [1.82, 2.24) is 5.32 Å². The van der Waals surface area contributed by atoms with E-state index in [-0.39, 0.29) is 5.82 Å². The largest absolute Gasteiger partial charge is 0.364 e. The lowest BCUT2D eigenvalue weighted by atomic mass is 10.1. The molecule has 1 aliphatic rings. The highest BCUT2D eigenvalue weighted by Gasteiger charge is 2.25. The van der Waals surface area contributed by atoms with Crippen LogP contribution in [0.2, 0.25) is 0 Å². The predicted octanol–water partition coefficient (Wildman–Crippen LogP) is 1.50. The highest BCUT2D eigenvalue weighted by Crippen LogP contribution is 2.23. The molecule has 0 unspecified atom stereocenters. The van der Waals surface area contributed by atoms with Gasteiger partial charge in [-0.15, -0.1) is 0 Å². The van der Waals surface area contributed by atoms with Crippen LogP contribution in [-0.4, -0.2) is 25.7 Å². The second-order valence-electron chi connectivity index (χ2n) is 3.88. The minimum Gasteiger partial charge on any atom is -0.364 e. The van der Waals surface area contributed by atoms with Crippen molar-refractivity contribution in [2.24, 2.45) is 0 Å². The van der Waals surface area contributed by atoms with Crippen LogP contribution in [0.3, 0.4) is 0 Å². The van der Waals surface area contributed by atoms with E-state index in [2.05, 4.69) is 5.32 Å². The molecule has 16 heavy (non-hydrogen) atoms. The number of benzene rings is 1. The van der Waals surface area contributed by atoms with Crippen molar-refractivity contribution in [2.75, 3.05) is 24.5 Å². The normalized spacial score (nSPS) is 15.3. The van der Waals surface area contributed by atoms with Gasteiger partial charge >= 0.3 is 0 Å². The maximum absolute atomic E-state index is 13.8. The lowest BCUT2D eigenvalue weighted by molar-refractivity contribution is 0.413. The fourth-order valence-corrected chi connectivity index (χ4v) is 1.93. The maximum Gasteiger partial charge on any atom is 0.147 e. The number of anilines is 1. The van der Waals surface area contributed by atoms with E-state index < -0.39 is 0 Å². The molecule has 4 heteroatoms. The minimum absolute atomic E-state index is 0.312. The number of nitriles is 1. The van der Waals surface area contributed by atoms with Gasteiger partial charge in [0, 0.05) is 19.6 Å². The van der Waals surface area contributed by atoms with E-state index in [1.54, 1.807) is 12.1 Å². The van der Waals surface area contributed by atoms with Crippen LogP contribution >= 0.6 is 0 Å². The lowest BCUT2D eigenvalue weighted by Gasteiger charge is -2.39. The first-order valence-corrected chi connectivity index (χ1v) is 5.43. The number of nitrogens with zero attached hydrogens (tertiary/aromatic N) is 2. The summed E-state index contributed by atoms with van der Waals surface area (Å²) in [5.41, 5.74) is 0.956. The van der Waals surface area contributed by atoms with Crippen LogP contribution in [0.1, 0.15) is 12.5 Å². The van der Waals surface area contributed by atoms with Crippen LogP contribution < -0.4 is 10.2 Å². The van der Waals surface area contributed by atoms with Gasteiger partial charge in [0.25, 0.3) is 0 Å². The monoisotopic (exact) mass is 219 g/mol. The summed E-state index contributed by atoms with van der Waals surface area (Å²) in [6, 6.07) is 6.95. The zero-order valence-electron chi connectivity index (χ0n) is 9.20. The molecule has 84 valence electrons. The first-order valence-electron chi connectivity index (χ1n) is 5.43. The van der Waals surface area contributed by atoms with Crippen LogP contribution in [0.25, 0.3) is 0 Å². The third-order valence-electron chi connectivity index (χ3n) is 2.93. The summed E-state index contributed by atoms with van der Waals surface area (Å²) in [7, 11) is 0. The van der Waals surface area contributed by atoms with Crippen LogP contribution in [-0.2, 0) is 0 Å². The van der Waals surface area contributed by atoms with Gasteiger partial charge in [-0.3, -0.25) is 0 Å². The topological polar surface area (TPSA) is 39.1 Å². The molecule has 1 fully saturated rings. The number of hydrogen-bond acceptors (Lipinski definition) is 3. The summed E-state index contributed by atoms with van der Waals surface area (Å²) in [5.74, 6) is -0.312. The lowest BCUT2D eigenvalue weighted by Crippen LogP contribution is -2.57. The van der Waals surface area contributed by atoms with Crippen molar-refractivity contribution in [1.29, 1.82) is 5.26 Å². The van der Waals surface area contributed by atoms with Crippen molar-refractivity contribution in [3.8, 4) is 6.07 Å². The SMILES string of the molecule is CCN(c1ccc(C#N)cc1F)C1CNC1. The molecule has 1 aromatic carbocycles. The molecule has 0 spiro atoms. The van der Waals surface area contributed by atoms with E-state index in [1.165, 1.54) is 6.07 Å². The van der Waals surface area contributed by atoms with E-state index in [4.69, 9.17) is 5.26 Å². The third kappa shape index (κ3) is 1.86. The number of hydrogen-bond donors (Lipinski definition) is 1. The smallest absolute Gasteiger partial charge is 0.147 e. The molecule has 3 nitrogen and oxygen atoms in total. The van der Waals surface area contributed by atoms with E-state index in [0.29, 0.717) is 17.3 Å². The third-order valence-corrected chi connectivity index (χ3v) is 2.93. The molecule has 0 radical (unpaired) electrons. The van der Waals surface area contributed by atoms with E-state index in [1.807, 2.05) is 17.9 Å². The average Bonchev–Trinajstić information content (AvgIpc) is 2.23. The average molecular weight is 219 g/mol. The molecular formula is C12H14FN3. The Morgan fingerprint density at radius 2 is 2.31 bits per heavy atom. The molecule has 0 amide bonds. The van der Waals surface area contributed by atoms with Crippen molar-refractivity contribution in [3.63, 3.8) is 0 Å². The van der Waals surface area contributed by atoms with Crippen LogP contribution in [0.15, 0.2) is 18.2 Å². The minimum atomic E-state index is -0.312. The Morgan fingerprint density at radius 3 is 2.75 bits per heavy atom. The highest BCUT2D eigenvalue weighted by atomic mass is 19.1. The summed E-state index contributed by atoms with van der Waals surface area (Å²) in [5, 5.41) is 11.8. The number of likely N-dealkylation sites (N-methyl/N-ethyl adjacent to an activating group) is 1. The molecule has 2 rings (SSSR count). The summed E-state index contributed by atoms with van der Waals surface area (Å²) in [6.07, 6.45) is 0. The predicted molar refractivity (Wildman–Crippen MR) is 60.8 cm³/mol. The molecule has 1 N–H and O–H groups in total. The Bertz CT molecular complexity index is 421. The summed E-state index contributed by atoms with van der Waals surface area (Å²) >= 11 is 0. The second-order valence-corrected chi connectivity index (χ2v) is 3.88. The zero-order valence-corrected chi connectivity index (χ0v) is 9.20. The molecule has 0 aliphatic carbocycles. The van der Waals surface area contributed by atoms with Gasteiger partial charge in [0.15, 0.2) is 0 Å². The van der Waals surface area contributed by atoms with Crippen molar-refractivity contribution >= 4 is 5.69 Å². The van der Waals surface area contributed by atoms with Gasteiger partial charge in [0.1, 0.15) is 5.82 Å². The second kappa shape index (κ2) is 4.50.